The fraction of sp³-hybridized carbons (Fsp3) is 0.826. The van der Waals surface area contributed by atoms with Crippen LogP contribution in [0.5, 0.6) is 0 Å². The van der Waals surface area contributed by atoms with Gasteiger partial charge in [-0.3, -0.25) is 19.4 Å². The first kappa shape index (κ1) is 32.8. The van der Waals surface area contributed by atoms with Gasteiger partial charge in [0.1, 0.15) is 12.1 Å². The molecule has 0 spiro atoms. The molecule has 0 saturated carbocycles. The molecule has 10 nitrogen and oxygen atoms in total. The van der Waals surface area contributed by atoms with E-state index in [-0.39, 0.29) is 11.9 Å². The third-order valence-electron chi connectivity index (χ3n) is 5.04. The van der Waals surface area contributed by atoms with Crippen LogP contribution in [0.4, 0.5) is 0 Å². The molecule has 194 valence electrons. The van der Waals surface area contributed by atoms with Crippen LogP contribution in [0.15, 0.2) is 4.99 Å². The Morgan fingerprint density at radius 2 is 1.30 bits per heavy atom. The van der Waals surface area contributed by atoms with Crippen molar-refractivity contribution in [2.45, 2.75) is 116 Å². The van der Waals surface area contributed by atoms with Gasteiger partial charge < -0.3 is 32.7 Å². The molecule has 0 aliphatic heterocycles. The second-order valence-corrected chi connectivity index (χ2v) is 8.31. The van der Waals surface area contributed by atoms with Crippen LogP contribution >= 0.6 is 0 Å². The Bertz CT molecular complexity index is 553. The lowest BCUT2D eigenvalue weighted by molar-refractivity contribution is -0.141. The van der Waals surface area contributed by atoms with E-state index < -0.39 is 24.0 Å². The number of hydrogen-bond acceptors (Lipinski definition) is 5. The summed E-state index contributed by atoms with van der Waals surface area (Å²) in [6.07, 6.45) is 15.1. The van der Waals surface area contributed by atoms with Crippen molar-refractivity contribution in [3.05, 3.63) is 0 Å². The van der Waals surface area contributed by atoms with Gasteiger partial charge in [-0.1, -0.05) is 71.1 Å². The normalized spacial score (nSPS) is 12.1. The second-order valence-electron chi connectivity index (χ2n) is 8.31. The molecule has 10 heteroatoms. The zero-order valence-electron chi connectivity index (χ0n) is 20.6. The van der Waals surface area contributed by atoms with Crippen molar-refractivity contribution in [3.63, 3.8) is 0 Å². The summed E-state index contributed by atoms with van der Waals surface area (Å²) >= 11 is 0. The molecule has 0 heterocycles. The summed E-state index contributed by atoms with van der Waals surface area (Å²) < 4.78 is 0. The number of unbranched alkanes of at least 4 members (excludes halogenated alkanes) is 10. The summed E-state index contributed by atoms with van der Waals surface area (Å²) in [6.45, 7) is 4.15. The molecule has 0 saturated heterocycles. The molecule has 33 heavy (non-hydrogen) atoms. The maximum atomic E-state index is 11.4. The minimum Gasteiger partial charge on any atom is -0.480 e. The highest BCUT2D eigenvalue weighted by atomic mass is 16.4. The number of aliphatic imine (C=N–C) groups is 1. The van der Waals surface area contributed by atoms with E-state index >= 15 is 0 Å². The summed E-state index contributed by atoms with van der Waals surface area (Å²) in [5, 5.41) is 19.5. The topological polar surface area (TPSA) is 194 Å². The minimum absolute atomic E-state index is 0.0129. The van der Waals surface area contributed by atoms with E-state index in [4.69, 9.17) is 27.4 Å². The van der Waals surface area contributed by atoms with Gasteiger partial charge in [0, 0.05) is 13.0 Å². The third kappa shape index (κ3) is 25.8. The zero-order valence-corrected chi connectivity index (χ0v) is 20.6. The number of carboxylic acid groups (broad SMARTS) is 2. The Kier molecular flexibility index (Phi) is 22.7. The first-order chi connectivity index (χ1) is 15.6. The minimum atomic E-state index is -1.00. The molecule has 0 rings (SSSR count). The second kappa shape index (κ2) is 22.8. The lowest BCUT2D eigenvalue weighted by Crippen LogP contribution is -2.38. The highest BCUT2D eigenvalue weighted by Crippen LogP contribution is 2.11. The number of hydrogen-bond donors (Lipinski definition) is 6. The fourth-order valence-corrected chi connectivity index (χ4v) is 2.97. The first-order valence-electron chi connectivity index (χ1n) is 12.2. The van der Waals surface area contributed by atoms with Crippen molar-refractivity contribution in [1.82, 2.24) is 5.32 Å². The molecule has 0 fully saturated rings. The molecule has 2 atom stereocenters. The van der Waals surface area contributed by atoms with Crippen molar-refractivity contribution >= 4 is 23.8 Å². The van der Waals surface area contributed by atoms with E-state index in [1.165, 1.54) is 64.7 Å². The molecule has 1 unspecified atom stereocenters. The number of guanidine groups is 1. The number of carbonyl (C=O) groups excluding carboxylic acids is 1. The highest BCUT2D eigenvalue weighted by Gasteiger charge is 2.13. The van der Waals surface area contributed by atoms with Crippen LogP contribution in [0.25, 0.3) is 0 Å². The standard InChI is InChI=1S/C17H33NO3.C6H14N4O2/c1-3-4-5-6-7-8-9-10-11-12-13-14-16(19)18-15(2)17(20)21;7-4(5(11)12)2-1-3-10-6(8)9/h15H,3-14H2,1-2H3,(H,18,19)(H,20,21);4H,1-3,7H2,(H,11,12)(H4,8,9,10)/t15-;/m0./s1. The van der Waals surface area contributed by atoms with Crippen molar-refractivity contribution in [2.75, 3.05) is 6.54 Å². The predicted octanol–water partition coefficient (Wildman–Crippen LogP) is 2.73. The van der Waals surface area contributed by atoms with Crippen LogP contribution in [0.3, 0.4) is 0 Å². The van der Waals surface area contributed by atoms with E-state index in [9.17, 15) is 14.4 Å². The molecule has 0 aliphatic carbocycles. The lowest BCUT2D eigenvalue weighted by atomic mass is 10.1. The Morgan fingerprint density at radius 3 is 1.73 bits per heavy atom. The van der Waals surface area contributed by atoms with Crippen LogP contribution in [0, 0.1) is 0 Å². The largest absolute Gasteiger partial charge is 0.480 e. The molecular weight excluding hydrogens is 426 g/mol. The lowest BCUT2D eigenvalue weighted by Gasteiger charge is -2.08. The summed E-state index contributed by atoms with van der Waals surface area (Å²) in [5.74, 6) is -2.12. The highest BCUT2D eigenvalue weighted by molar-refractivity contribution is 5.83. The number of rotatable bonds is 19. The van der Waals surface area contributed by atoms with Gasteiger partial charge >= 0.3 is 11.9 Å². The van der Waals surface area contributed by atoms with Crippen molar-refractivity contribution in [2.24, 2.45) is 22.2 Å². The summed E-state index contributed by atoms with van der Waals surface area (Å²) in [7, 11) is 0. The van der Waals surface area contributed by atoms with E-state index in [0.717, 1.165) is 12.8 Å². The Balaban J connectivity index is 0. The molecule has 1 amide bonds. The van der Waals surface area contributed by atoms with Crippen molar-refractivity contribution in [1.29, 1.82) is 0 Å². The maximum Gasteiger partial charge on any atom is 0.325 e. The van der Waals surface area contributed by atoms with Gasteiger partial charge in [0.05, 0.1) is 0 Å². The van der Waals surface area contributed by atoms with Crippen molar-refractivity contribution in [3.8, 4) is 0 Å². The molecule has 0 aromatic heterocycles. The van der Waals surface area contributed by atoms with Crippen LogP contribution in [-0.4, -0.2) is 52.6 Å². The molecule has 0 aliphatic rings. The Hall–Kier alpha value is -2.36. The molecule has 0 aromatic carbocycles. The molecule has 9 N–H and O–H groups in total. The summed E-state index contributed by atoms with van der Waals surface area (Å²) in [6, 6.07) is -1.61. The number of nitrogens with zero attached hydrogens (tertiary/aromatic N) is 1. The summed E-state index contributed by atoms with van der Waals surface area (Å²) in [4.78, 5) is 35.9. The van der Waals surface area contributed by atoms with Gasteiger partial charge in [0.25, 0.3) is 0 Å². The van der Waals surface area contributed by atoms with Crippen LogP contribution in [0.1, 0.15) is 104 Å². The van der Waals surface area contributed by atoms with Gasteiger partial charge in [0.15, 0.2) is 5.96 Å². The summed E-state index contributed by atoms with van der Waals surface area (Å²) in [5.41, 5.74) is 15.3. The Morgan fingerprint density at radius 1 is 0.818 bits per heavy atom. The van der Waals surface area contributed by atoms with Crippen LogP contribution < -0.4 is 22.5 Å². The Labute approximate surface area is 198 Å². The number of nitrogens with two attached hydrogens (primary N) is 3. The fourth-order valence-electron chi connectivity index (χ4n) is 2.97. The van der Waals surface area contributed by atoms with Crippen LogP contribution in [-0.2, 0) is 14.4 Å². The third-order valence-corrected chi connectivity index (χ3v) is 5.04. The quantitative estimate of drug-likeness (QED) is 0.0935. The number of carboxylic acids is 2. The average Bonchev–Trinajstić information content (AvgIpc) is 2.75. The van der Waals surface area contributed by atoms with E-state index in [1.807, 2.05) is 0 Å². The SMILES string of the molecule is CCCCCCCCCCCCCC(=O)N[C@@H](C)C(=O)O.NC(N)=NCCCC(N)C(=O)O. The molecule has 0 radical (unpaired) electrons. The van der Waals surface area contributed by atoms with E-state index in [0.29, 0.717) is 25.8 Å². The van der Waals surface area contributed by atoms with Crippen molar-refractivity contribution < 1.29 is 24.6 Å². The number of nitrogens with one attached hydrogen (secondary N) is 1. The first-order valence-corrected chi connectivity index (χ1v) is 12.2. The van der Waals surface area contributed by atoms with E-state index in [1.54, 1.807) is 0 Å². The monoisotopic (exact) mass is 473 g/mol. The smallest absolute Gasteiger partial charge is 0.325 e. The van der Waals surface area contributed by atoms with Gasteiger partial charge in [0.2, 0.25) is 5.91 Å². The molecular formula is C23H47N5O5. The number of carbonyl (C=O) groups is 3. The van der Waals surface area contributed by atoms with Gasteiger partial charge in [-0.2, -0.15) is 0 Å². The van der Waals surface area contributed by atoms with Gasteiger partial charge in [-0.25, -0.2) is 0 Å². The predicted molar refractivity (Wildman–Crippen MR) is 132 cm³/mol. The van der Waals surface area contributed by atoms with E-state index in [2.05, 4.69) is 17.2 Å². The number of amides is 1. The van der Waals surface area contributed by atoms with Crippen LogP contribution in [0.2, 0.25) is 0 Å². The molecule has 0 bridgehead atoms. The number of aliphatic carboxylic acids is 2. The molecule has 0 aromatic rings. The zero-order chi connectivity index (χ0) is 25.5. The maximum absolute atomic E-state index is 11.4. The van der Waals surface area contributed by atoms with Gasteiger partial charge in [-0.05, 0) is 26.2 Å². The average molecular weight is 474 g/mol. The van der Waals surface area contributed by atoms with Gasteiger partial charge in [-0.15, -0.1) is 0 Å².